The summed E-state index contributed by atoms with van der Waals surface area (Å²) in [5.74, 6) is 0.526. The van der Waals surface area contributed by atoms with Gasteiger partial charge >= 0.3 is 0 Å². The Hall–Kier alpha value is -2.02. The zero-order chi connectivity index (χ0) is 16.0. The van der Waals surface area contributed by atoms with Gasteiger partial charge in [0.05, 0.1) is 0 Å². The average Bonchev–Trinajstić information content (AvgIpc) is 2.37. The standard InChI is InChI=1S/C20H27N/c1-14(2)12-16(5)18(7)21-20-10-8-19(9-11-20)17(6)13-15(3)4/h8-14,21H,6-7H2,1-5H3/b16-12-. The van der Waals surface area contributed by atoms with Gasteiger partial charge in [0.1, 0.15) is 0 Å². The molecule has 0 aromatic heterocycles. The summed E-state index contributed by atoms with van der Waals surface area (Å²) in [5.41, 5.74) is 6.61. The van der Waals surface area contributed by atoms with Crippen molar-refractivity contribution in [1.82, 2.24) is 0 Å². The number of rotatable bonds is 6. The summed E-state index contributed by atoms with van der Waals surface area (Å²) < 4.78 is 0. The second-order valence-corrected chi connectivity index (χ2v) is 6.02. The van der Waals surface area contributed by atoms with Gasteiger partial charge in [-0.1, -0.05) is 56.9 Å². The van der Waals surface area contributed by atoms with E-state index in [2.05, 4.69) is 89.5 Å². The Morgan fingerprint density at radius 2 is 1.62 bits per heavy atom. The lowest BCUT2D eigenvalue weighted by atomic mass is 10.0. The van der Waals surface area contributed by atoms with Crippen molar-refractivity contribution in [3.05, 3.63) is 72.0 Å². The smallest absolute Gasteiger partial charge is 0.0384 e. The van der Waals surface area contributed by atoms with Crippen molar-refractivity contribution in [2.45, 2.75) is 34.6 Å². The maximum absolute atomic E-state index is 4.09. The highest BCUT2D eigenvalue weighted by molar-refractivity contribution is 5.73. The molecule has 0 saturated heterocycles. The molecule has 0 aliphatic rings. The van der Waals surface area contributed by atoms with Crippen molar-refractivity contribution in [3.8, 4) is 0 Å². The van der Waals surface area contributed by atoms with Crippen molar-refractivity contribution in [2.75, 3.05) is 5.32 Å². The van der Waals surface area contributed by atoms with E-state index >= 15 is 0 Å². The molecule has 0 fully saturated rings. The molecule has 0 spiro atoms. The Kier molecular flexibility index (Phi) is 6.23. The van der Waals surface area contributed by atoms with E-state index in [0.29, 0.717) is 5.92 Å². The summed E-state index contributed by atoms with van der Waals surface area (Å²) in [5, 5.41) is 3.35. The normalized spacial score (nSPS) is 11.2. The Morgan fingerprint density at radius 1 is 1.05 bits per heavy atom. The third-order valence-corrected chi connectivity index (χ3v) is 3.07. The first-order chi connectivity index (χ1) is 9.79. The molecule has 0 aliphatic carbocycles. The van der Waals surface area contributed by atoms with Gasteiger partial charge in [0.25, 0.3) is 0 Å². The molecule has 0 atom stereocenters. The number of anilines is 1. The topological polar surface area (TPSA) is 12.0 Å². The lowest BCUT2D eigenvalue weighted by molar-refractivity contribution is 0.823. The van der Waals surface area contributed by atoms with Crippen LogP contribution in [0.4, 0.5) is 5.69 Å². The molecule has 1 heteroatoms. The van der Waals surface area contributed by atoms with Crippen molar-refractivity contribution in [2.24, 2.45) is 5.92 Å². The minimum Gasteiger partial charge on any atom is -0.356 e. The van der Waals surface area contributed by atoms with Gasteiger partial charge in [-0.2, -0.15) is 0 Å². The molecule has 1 rings (SSSR count). The molecule has 0 unspecified atom stereocenters. The number of allylic oxidation sites excluding steroid dienone is 5. The van der Waals surface area contributed by atoms with E-state index in [-0.39, 0.29) is 0 Å². The number of benzene rings is 1. The van der Waals surface area contributed by atoms with Gasteiger partial charge in [-0.05, 0) is 55.5 Å². The SMILES string of the molecule is C=C(Nc1ccc(C(=C)C=C(C)C)cc1)/C(C)=C\C(C)C. The minimum absolute atomic E-state index is 0.526. The van der Waals surface area contributed by atoms with Crippen LogP contribution in [0, 0.1) is 5.92 Å². The van der Waals surface area contributed by atoms with E-state index in [9.17, 15) is 0 Å². The Bertz CT molecular complexity index is 564. The molecule has 1 aromatic rings. The maximum atomic E-state index is 4.09. The van der Waals surface area contributed by atoms with Crippen LogP contribution in [0.25, 0.3) is 5.57 Å². The van der Waals surface area contributed by atoms with Gasteiger partial charge in [-0.3, -0.25) is 0 Å². The van der Waals surface area contributed by atoms with Gasteiger partial charge in [-0.25, -0.2) is 0 Å². The van der Waals surface area contributed by atoms with E-state index in [1.165, 1.54) is 11.1 Å². The van der Waals surface area contributed by atoms with Crippen LogP contribution in [0.5, 0.6) is 0 Å². The molecule has 112 valence electrons. The second kappa shape index (κ2) is 7.68. The molecule has 0 saturated carbocycles. The summed E-state index contributed by atoms with van der Waals surface area (Å²) in [6.45, 7) is 18.8. The molecule has 0 aliphatic heterocycles. The van der Waals surface area contributed by atoms with Gasteiger partial charge in [0.15, 0.2) is 0 Å². The Balaban J connectivity index is 2.78. The maximum Gasteiger partial charge on any atom is 0.0384 e. The third kappa shape index (κ3) is 5.86. The fourth-order valence-corrected chi connectivity index (χ4v) is 2.07. The van der Waals surface area contributed by atoms with E-state index < -0.39 is 0 Å². The van der Waals surface area contributed by atoms with Crippen molar-refractivity contribution >= 4 is 11.3 Å². The van der Waals surface area contributed by atoms with E-state index in [1.807, 2.05) is 0 Å². The van der Waals surface area contributed by atoms with Crippen molar-refractivity contribution in [3.63, 3.8) is 0 Å². The van der Waals surface area contributed by atoms with Crippen LogP contribution in [-0.2, 0) is 0 Å². The molecule has 0 heterocycles. The zero-order valence-electron chi connectivity index (χ0n) is 14.0. The van der Waals surface area contributed by atoms with E-state index in [0.717, 1.165) is 22.5 Å². The molecular formula is C20H27N. The minimum atomic E-state index is 0.526. The lowest BCUT2D eigenvalue weighted by Crippen LogP contribution is -2.00. The Labute approximate surface area is 129 Å². The van der Waals surface area contributed by atoms with E-state index in [4.69, 9.17) is 0 Å². The molecule has 1 aromatic carbocycles. The van der Waals surface area contributed by atoms with Crippen LogP contribution in [0.2, 0.25) is 0 Å². The fraction of sp³-hybridized carbons (Fsp3) is 0.300. The predicted molar refractivity (Wildman–Crippen MR) is 96.3 cm³/mol. The molecule has 21 heavy (non-hydrogen) atoms. The highest BCUT2D eigenvalue weighted by Crippen LogP contribution is 2.20. The first-order valence-corrected chi connectivity index (χ1v) is 7.38. The van der Waals surface area contributed by atoms with Crippen LogP contribution in [-0.4, -0.2) is 0 Å². The Morgan fingerprint density at radius 3 is 2.10 bits per heavy atom. The van der Waals surface area contributed by atoms with Crippen LogP contribution < -0.4 is 5.32 Å². The van der Waals surface area contributed by atoms with Gasteiger partial charge in [0.2, 0.25) is 0 Å². The fourth-order valence-electron chi connectivity index (χ4n) is 2.07. The monoisotopic (exact) mass is 281 g/mol. The molecule has 0 bridgehead atoms. The second-order valence-electron chi connectivity index (χ2n) is 6.02. The number of nitrogens with one attached hydrogen (secondary N) is 1. The largest absolute Gasteiger partial charge is 0.356 e. The van der Waals surface area contributed by atoms with Gasteiger partial charge in [-0.15, -0.1) is 0 Å². The van der Waals surface area contributed by atoms with Crippen LogP contribution in [0.15, 0.2) is 66.4 Å². The molecule has 1 nitrogen and oxygen atoms in total. The summed E-state index contributed by atoms with van der Waals surface area (Å²) in [6, 6.07) is 8.29. The first-order valence-electron chi connectivity index (χ1n) is 7.38. The molecule has 0 radical (unpaired) electrons. The van der Waals surface area contributed by atoms with Crippen molar-refractivity contribution in [1.29, 1.82) is 0 Å². The zero-order valence-corrected chi connectivity index (χ0v) is 14.0. The summed E-state index contributed by atoms with van der Waals surface area (Å²) in [7, 11) is 0. The highest BCUT2D eigenvalue weighted by Gasteiger charge is 2.01. The lowest BCUT2D eigenvalue weighted by Gasteiger charge is -2.12. The first kappa shape index (κ1) is 17.0. The highest BCUT2D eigenvalue weighted by atomic mass is 14.9. The average molecular weight is 281 g/mol. The summed E-state index contributed by atoms with van der Waals surface area (Å²) >= 11 is 0. The predicted octanol–water partition coefficient (Wildman–Crippen LogP) is 6.19. The number of hydrogen-bond acceptors (Lipinski definition) is 1. The quantitative estimate of drug-likeness (QED) is 0.613. The van der Waals surface area contributed by atoms with Crippen LogP contribution >= 0.6 is 0 Å². The van der Waals surface area contributed by atoms with Crippen molar-refractivity contribution < 1.29 is 0 Å². The summed E-state index contributed by atoms with van der Waals surface area (Å²) in [6.07, 6.45) is 4.30. The molecule has 1 N–H and O–H groups in total. The van der Waals surface area contributed by atoms with Crippen LogP contribution in [0.1, 0.15) is 40.2 Å². The number of hydrogen-bond donors (Lipinski definition) is 1. The van der Waals surface area contributed by atoms with Gasteiger partial charge in [0, 0.05) is 11.4 Å². The molecule has 0 amide bonds. The third-order valence-electron chi connectivity index (χ3n) is 3.07. The summed E-state index contributed by atoms with van der Waals surface area (Å²) in [4.78, 5) is 0. The molecular weight excluding hydrogens is 254 g/mol. The van der Waals surface area contributed by atoms with Crippen LogP contribution in [0.3, 0.4) is 0 Å². The van der Waals surface area contributed by atoms with Gasteiger partial charge < -0.3 is 5.32 Å². The van der Waals surface area contributed by atoms with E-state index in [1.54, 1.807) is 0 Å².